The summed E-state index contributed by atoms with van der Waals surface area (Å²) in [5.41, 5.74) is 0. The fourth-order valence-electron chi connectivity index (χ4n) is 6.80. The number of nitrogens with zero attached hydrogens (tertiary/aromatic N) is 1. The molecule has 10 heteroatoms. The van der Waals surface area contributed by atoms with Crippen molar-refractivity contribution in [3.8, 4) is 0 Å². The number of hydrogen-bond acceptors (Lipinski definition) is 8. The molecule has 2 unspecified atom stereocenters. The zero-order valence-corrected chi connectivity index (χ0v) is 40.7. The predicted molar refractivity (Wildman–Crippen MR) is 257 cm³/mol. The van der Waals surface area contributed by atoms with Crippen LogP contribution in [-0.2, 0) is 32.7 Å². The topological polar surface area (TPSA) is 112 Å². The van der Waals surface area contributed by atoms with Crippen molar-refractivity contribution in [3.63, 3.8) is 0 Å². The number of unbranched alkanes of at least 4 members (excludes halogenated alkanes) is 24. The standard InChI is InChI=1S/C51H94NO8P/c1-5-7-9-11-13-15-17-19-21-23-24-25-26-28-30-32-34-36-38-40-42-44-51(54)60-49(48-59-61(55,56)58-46-45-52(3)4)47-57-50(53)43-41-39-37-35-33-31-29-27-22-20-18-16-14-12-10-8-6-2/h14,16,20,22,29,31,35,37,49H,5-13,15,17-19,21,23-28,30,32-34,36,38-48H2,1-4H3,(H,55,56)/b16-14-,22-20-,31-29-,37-35-. The van der Waals surface area contributed by atoms with Crippen molar-refractivity contribution in [1.29, 1.82) is 0 Å². The van der Waals surface area contributed by atoms with E-state index in [0.717, 1.165) is 38.5 Å². The number of phosphoric ester groups is 1. The van der Waals surface area contributed by atoms with Crippen LogP contribution in [0.1, 0.15) is 219 Å². The molecule has 0 aliphatic carbocycles. The number of allylic oxidation sites excluding steroid dienone is 8. The first-order chi connectivity index (χ1) is 29.7. The predicted octanol–water partition coefficient (Wildman–Crippen LogP) is 14.9. The number of likely N-dealkylation sites (N-methyl/N-ethyl adjacent to an activating group) is 1. The minimum atomic E-state index is -4.38. The van der Waals surface area contributed by atoms with Crippen LogP contribution in [0.2, 0.25) is 0 Å². The molecule has 0 amide bonds. The van der Waals surface area contributed by atoms with Crippen molar-refractivity contribution in [3.05, 3.63) is 48.6 Å². The Morgan fingerprint density at radius 3 is 1.36 bits per heavy atom. The second-order valence-electron chi connectivity index (χ2n) is 17.0. The molecular formula is C51H94NO8P. The molecule has 0 spiro atoms. The van der Waals surface area contributed by atoms with Crippen LogP contribution >= 0.6 is 7.82 Å². The molecule has 0 aliphatic heterocycles. The highest BCUT2D eigenvalue weighted by atomic mass is 31.2. The SMILES string of the molecule is CCCCC/C=C\C/C=C\C/C=C\C/C=C\CCCC(=O)OCC(COP(=O)(O)OCCN(C)C)OC(=O)CCCCCCCCCCCCCCCCCCCCCCC. The summed E-state index contributed by atoms with van der Waals surface area (Å²) in [5, 5.41) is 0. The van der Waals surface area contributed by atoms with Gasteiger partial charge in [0.25, 0.3) is 0 Å². The first-order valence-electron chi connectivity index (χ1n) is 24.9. The number of rotatable bonds is 46. The Bertz CT molecular complexity index is 1150. The summed E-state index contributed by atoms with van der Waals surface area (Å²) in [7, 11) is -0.733. The van der Waals surface area contributed by atoms with E-state index in [1.54, 1.807) is 0 Å². The van der Waals surface area contributed by atoms with Crippen molar-refractivity contribution < 1.29 is 37.6 Å². The summed E-state index contributed by atoms with van der Waals surface area (Å²) in [6.07, 6.45) is 53.1. The van der Waals surface area contributed by atoms with Gasteiger partial charge in [-0.3, -0.25) is 18.6 Å². The maximum absolute atomic E-state index is 12.7. The van der Waals surface area contributed by atoms with Crippen molar-refractivity contribution in [2.45, 2.75) is 225 Å². The molecule has 0 saturated heterocycles. The molecule has 0 saturated carbocycles. The van der Waals surface area contributed by atoms with E-state index in [1.165, 1.54) is 141 Å². The largest absolute Gasteiger partial charge is 0.472 e. The Balaban J connectivity index is 4.25. The minimum absolute atomic E-state index is 0.000859. The van der Waals surface area contributed by atoms with Crippen molar-refractivity contribution in [2.75, 3.05) is 40.5 Å². The van der Waals surface area contributed by atoms with Gasteiger partial charge in [-0.2, -0.15) is 0 Å². The molecule has 0 aromatic heterocycles. The molecule has 0 aromatic rings. The smallest absolute Gasteiger partial charge is 0.462 e. The van der Waals surface area contributed by atoms with E-state index in [2.05, 4.69) is 62.5 Å². The van der Waals surface area contributed by atoms with E-state index in [1.807, 2.05) is 19.0 Å². The molecule has 0 aliphatic rings. The van der Waals surface area contributed by atoms with Crippen molar-refractivity contribution in [1.82, 2.24) is 4.90 Å². The van der Waals surface area contributed by atoms with E-state index in [0.29, 0.717) is 19.4 Å². The fourth-order valence-corrected chi connectivity index (χ4v) is 7.54. The summed E-state index contributed by atoms with van der Waals surface area (Å²) in [6, 6.07) is 0. The van der Waals surface area contributed by atoms with Crippen LogP contribution in [-0.4, -0.2) is 68.3 Å². The second-order valence-corrected chi connectivity index (χ2v) is 18.5. The van der Waals surface area contributed by atoms with Crippen LogP contribution in [0.3, 0.4) is 0 Å². The summed E-state index contributed by atoms with van der Waals surface area (Å²) < 4.78 is 33.5. The molecule has 0 radical (unpaired) electrons. The number of phosphoric acid groups is 1. The lowest BCUT2D eigenvalue weighted by molar-refractivity contribution is -0.161. The first kappa shape index (κ1) is 59.0. The zero-order chi connectivity index (χ0) is 44.8. The monoisotopic (exact) mass is 880 g/mol. The highest BCUT2D eigenvalue weighted by molar-refractivity contribution is 7.47. The summed E-state index contributed by atoms with van der Waals surface area (Å²) in [5.74, 6) is -0.861. The van der Waals surface area contributed by atoms with E-state index < -0.39 is 32.5 Å². The number of esters is 2. The Kier molecular flexibility index (Phi) is 44.4. The molecule has 0 rings (SSSR count). The first-order valence-corrected chi connectivity index (χ1v) is 26.4. The van der Waals surface area contributed by atoms with Gasteiger partial charge >= 0.3 is 19.8 Å². The quantitative estimate of drug-likeness (QED) is 0.0276. The minimum Gasteiger partial charge on any atom is -0.462 e. The van der Waals surface area contributed by atoms with Crippen molar-refractivity contribution in [2.24, 2.45) is 0 Å². The Hall–Kier alpha value is -2.03. The number of ether oxygens (including phenoxy) is 2. The van der Waals surface area contributed by atoms with Crippen LogP contribution < -0.4 is 0 Å². The highest BCUT2D eigenvalue weighted by Crippen LogP contribution is 2.43. The molecule has 61 heavy (non-hydrogen) atoms. The summed E-state index contributed by atoms with van der Waals surface area (Å²) in [4.78, 5) is 37.1. The van der Waals surface area contributed by atoms with Gasteiger partial charge in [0.2, 0.25) is 0 Å². The van der Waals surface area contributed by atoms with Crippen molar-refractivity contribution >= 4 is 19.8 Å². The average molecular weight is 880 g/mol. The van der Waals surface area contributed by atoms with Gasteiger partial charge in [-0.15, -0.1) is 0 Å². The van der Waals surface area contributed by atoms with E-state index in [4.69, 9.17) is 18.5 Å². The number of carbonyl (C=O) groups excluding carboxylic acids is 2. The van der Waals surface area contributed by atoms with Gasteiger partial charge in [0.15, 0.2) is 6.10 Å². The second kappa shape index (κ2) is 46.0. The molecule has 9 nitrogen and oxygen atoms in total. The van der Waals surface area contributed by atoms with E-state index >= 15 is 0 Å². The van der Waals surface area contributed by atoms with Gasteiger partial charge in [-0.1, -0.05) is 204 Å². The third-order valence-corrected chi connectivity index (χ3v) is 11.6. The van der Waals surface area contributed by atoms with Gasteiger partial charge in [0.05, 0.1) is 13.2 Å². The van der Waals surface area contributed by atoms with Gasteiger partial charge in [0, 0.05) is 19.4 Å². The molecule has 0 aromatic carbocycles. The third kappa shape index (κ3) is 47.3. The lowest BCUT2D eigenvalue weighted by Gasteiger charge is -2.20. The number of carbonyl (C=O) groups is 2. The third-order valence-electron chi connectivity index (χ3n) is 10.6. The molecule has 2 atom stereocenters. The van der Waals surface area contributed by atoms with Gasteiger partial charge in [-0.25, -0.2) is 4.57 Å². The van der Waals surface area contributed by atoms with Crippen LogP contribution in [0.25, 0.3) is 0 Å². The molecule has 0 bridgehead atoms. The lowest BCUT2D eigenvalue weighted by atomic mass is 10.0. The normalized spacial score (nSPS) is 13.7. The Labute approximate surface area is 375 Å². The molecule has 0 heterocycles. The van der Waals surface area contributed by atoms with Crippen LogP contribution in [0.15, 0.2) is 48.6 Å². The average Bonchev–Trinajstić information content (AvgIpc) is 3.23. The van der Waals surface area contributed by atoms with E-state index in [9.17, 15) is 19.0 Å². The maximum Gasteiger partial charge on any atom is 0.472 e. The van der Waals surface area contributed by atoms with Gasteiger partial charge in [-0.05, 0) is 65.5 Å². The Morgan fingerprint density at radius 2 is 0.902 bits per heavy atom. The molecule has 356 valence electrons. The lowest BCUT2D eigenvalue weighted by Crippen LogP contribution is -2.29. The van der Waals surface area contributed by atoms with E-state index in [-0.39, 0.29) is 26.1 Å². The fraction of sp³-hybridized carbons (Fsp3) is 0.804. The highest BCUT2D eigenvalue weighted by Gasteiger charge is 2.26. The Morgan fingerprint density at radius 1 is 0.508 bits per heavy atom. The molecule has 0 fully saturated rings. The number of hydrogen-bond donors (Lipinski definition) is 1. The molecular weight excluding hydrogens is 786 g/mol. The maximum atomic E-state index is 12.7. The summed E-state index contributed by atoms with van der Waals surface area (Å²) in [6.45, 7) is 4.26. The zero-order valence-electron chi connectivity index (χ0n) is 39.9. The van der Waals surface area contributed by atoms with Gasteiger partial charge in [0.1, 0.15) is 6.61 Å². The van der Waals surface area contributed by atoms with Crippen LogP contribution in [0, 0.1) is 0 Å². The van der Waals surface area contributed by atoms with Crippen LogP contribution in [0.4, 0.5) is 0 Å². The van der Waals surface area contributed by atoms with Crippen LogP contribution in [0.5, 0.6) is 0 Å². The molecule has 1 N–H and O–H groups in total. The van der Waals surface area contributed by atoms with Gasteiger partial charge < -0.3 is 19.3 Å². The summed E-state index contributed by atoms with van der Waals surface area (Å²) >= 11 is 0.